The zero-order valence-corrected chi connectivity index (χ0v) is 10.1. The van der Waals surface area contributed by atoms with Gasteiger partial charge in [0.1, 0.15) is 10.8 Å². The molecule has 0 radical (unpaired) electrons. The lowest BCUT2D eigenvalue weighted by Gasteiger charge is -2.06. The molecule has 0 unspecified atom stereocenters. The highest BCUT2D eigenvalue weighted by Crippen LogP contribution is 2.17. The number of aryl methyl sites for hydroxylation is 2. The van der Waals surface area contributed by atoms with Gasteiger partial charge in [-0.15, -0.1) is 11.3 Å². The van der Waals surface area contributed by atoms with E-state index < -0.39 is 0 Å². The van der Waals surface area contributed by atoms with Gasteiger partial charge in [-0.25, -0.2) is 9.37 Å². The number of nitrogens with zero attached hydrogens (tertiary/aromatic N) is 1. The van der Waals surface area contributed by atoms with E-state index in [9.17, 15) is 4.39 Å². The van der Waals surface area contributed by atoms with Gasteiger partial charge in [0.2, 0.25) is 0 Å². The quantitative estimate of drug-likeness (QED) is 0.882. The van der Waals surface area contributed by atoms with E-state index in [2.05, 4.69) is 10.3 Å². The van der Waals surface area contributed by atoms with Gasteiger partial charge < -0.3 is 5.32 Å². The summed E-state index contributed by atoms with van der Waals surface area (Å²) < 4.78 is 13.5. The number of anilines is 1. The van der Waals surface area contributed by atoms with Gasteiger partial charge in [-0.2, -0.15) is 0 Å². The van der Waals surface area contributed by atoms with Crippen molar-refractivity contribution in [1.82, 2.24) is 4.98 Å². The summed E-state index contributed by atoms with van der Waals surface area (Å²) in [6.07, 6.45) is 0. The molecule has 0 aliphatic heterocycles. The summed E-state index contributed by atoms with van der Waals surface area (Å²) in [4.78, 5) is 4.31. The van der Waals surface area contributed by atoms with E-state index in [1.165, 1.54) is 6.07 Å². The largest absolute Gasteiger partial charge is 0.376 e. The molecule has 0 fully saturated rings. The van der Waals surface area contributed by atoms with Crippen LogP contribution in [0.1, 0.15) is 16.3 Å². The van der Waals surface area contributed by atoms with Crippen LogP contribution in [0.2, 0.25) is 0 Å². The van der Waals surface area contributed by atoms with Crippen LogP contribution in [0.3, 0.4) is 0 Å². The predicted molar refractivity (Wildman–Crippen MR) is 65.3 cm³/mol. The first-order valence-electron chi connectivity index (χ1n) is 5.06. The lowest BCUT2D eigenvalue weighted by molar-refractivity contribution is 0.629. The van der Waals surface area contributed by atoms with Gasteiger partial charge in [-0.1, -0.05) is 6.07 Å². The van der Waals surface area contributed by atoms with Crippen LogP contribution in [0.15, 0.2) is 23.6 Å². The minimum absolute atomic E-state index is 0.215. The van der Waals surface area contributed by atoms with Crippen LogP contribution >= 0.6 is 11.3 Å². The Kier molecular flexibility index (Phi) is 3.19. The third-order valence-corrected chi connectivity index (χ3v) is 3.19. The number of aromatic nitrogens is 1. The number of thiazole rings is 1. The van der Waals surface area contributed by atoms with Crippen molar-refractivity contribution >= 4 is 17.0 Å². The highest BCUT2D eigenvalue weighted by Gasteiger charge is 2.03. The van der Waals surface area contributed by atoms with Crippen LogP contribution in [-0.4, -0.2) is 4.98 Å². The fourth-order valence-electron chi connectivity index (χ4n) is 1.42. The minimum atomic E-state index is -0.215. The standard InChI is InChI=1S/C12H13FN2S/c1-8-3-4-11(10(13)5-8)14-6-12-15-9(2)7-16-12/h3-5,7,14H,6H2,1-2H3. The third kappa shape index (κ3) is 2.58. The molecule has 0 saturated heterocycles. The topological polar surface area (TPSA) is 24.9 Å². The molecule has 4 heteroatoms. The molecule has 0 aliphatic rings. The fourth-order valence-corrected chi connectivity index (χ4v) is 2.13. The van der Waals surface area contributed by atoms with Crippen molar-refractivity contribution in [3.05, 3.63) is 45.7 Å². The number of nitrogens with one attached hydrogen (secondary N) is 1. The second kappa shape index (κ2) is 4.61. The van der Waals surface area contributed by atoms with E-state index in [4.69, 9.17) is 0 Å². The Labute approximate surface area is 98.2 Å². The Bertz CT molecular complexity index is 494. The Hall–Kier alpha value is -1.42. The summed E-state index contributed by atoms with van der Waals surface area (Å²) >= 11 is 1.58. The molecule has 2 rings (SSSR count). The van der Waals surface area contributed by atoms with Crippen LogP contribution < -0.4 is 5.32 Å². The Morgan fingerprint density at radius 2 is 2.19 bits per heavy atom. The van der Waals surface area contributed by atoms with Crippen molar-refractivity contribution in [3.63, 3.8) is 0 Å². The maximum atomic E-state index is 13.5. The molecule has 0 amide bonds. The van der Waals surface area contributed by atoms with Gasteiger partial charge in [0.25, 0.3) is 0 Å². The van der Waals surface area contributed by atoms with Gasteiger partial charge in [0, 0.05) is 11.1 Å². The van der Waals surface area contributed by atoms with Gasteiger partial charge in [-0.3, -0.25) is 0 Å². The zero-order chi connectivity index (χ0) is 11.5. The molecule has 84 valence electrons. The van der Waals surface area contributed by atoms with Crippen molar-refractivity contribution < 1.29 is 4.39 Å². The molecule has 0 saturated carbocycles. The molecule has 1 aromatic carbocycles. The minimum Gasteiger partial charge on any atom is -0.376 e. The van der Waals surface area contributed by atoms with Gasteiger partial charge >= 0.3 is 0 Å². The Morgan fingerprint density at radius 3 is 2.81 bits per heavy atom. The smallest absolute Gasteiger partial charge is 0.146 e. The van der Waals surface area contributed by atoms with Gasteiger partial charge in [0.05, 0.1) is 12.2 Å². The molecular formula is C12H13FN2S. The summed E-state index contributed by atoms with van der Waals surface area (Å²) in [6.45, 7) is 4.39. The van der Waals surface area contributed by atoms with E-state index in [1.54, 1.807) is 17.4 Å². The SMILES string of the molecule is Cc1ccc(NCc2nc(C)cs2)c(F)c1. The zero-order valence-electron chi connectivity index (χ0n) is 9.25. The number of halogens is 1. The monoisotopic (exact) mass is 236 g/mol. The normalized spacial score (nSPS) is 10.4. The molecule has 2 nitrogen and oxygen atoms in total. The summed E-state index contributed by atoms with van der Waals surface area (Å²) in [5.41, 5.74) is 2.46. The molecule has 0 bridgehead atoms. The van der Waals surface area contributed by atoms with E-state index in [0.717, 1.165) is 16.3 Å². The van der Waals surface area contributed by atoms with Crippen molar-refractivity contribution in [2.75, 3.05) is 5.32 Å². The van der Waals surface area contributed by atoms with Crippen LogP contribution in [0.25, 0.3) is 0 Å². The van der Waals surface area contributed by atoms with Gasteiger partial charge in [-0.05, 0) is 31.5 Å². The Morgan fingerprint density at radius 1 is 1.38 bits per heavy atom. The lowest BCUT2D eigenvalue weighted by Crippen LogP contribution is -2.01. The predicted octanol–water partition coefficient (Wildman–Crippen LogP) is 3.51. The molecule has 1 aromatic heterocycles. The third-order valence-electron chi connectivity index (χ3n) is 2.22. The average molecular weight is 236 g/mol. The summed E-state index contributed by atoms with van der Waals surface area (Å²) in [5, 5.41) is 6.00. The van der Waals surface area contributed by atoms with E-state index in [0.29, 0.717) is 12.2 Å². The number of rotatable bonds is 3. The summed E-state index contributed by atoms with van der Waals surface area (Å²) in [6, 6.07) is 5.17. The molecule has 2 aromatic rings. The van der Waals surface area contributed by atoms with E-state index in [1.807, 2.05) is 25.3 Å². The second-order valence-corrected chi connectivity index (χ2v) is 4.66. The van der Waals surface area contributed by atoms with Crippen LogP contribution in [-0.2, 0) is 6.54 Å². The van der Waals surface area contributed by atoms with Crippen molar-refractivity contribution in [2.24, 2.45) is 0 Å². The molecule has 0 atom stereocenters. The van der Waals surface area contributed by atoms with Crippen molar-refractivity contribution in [1.29, 1.82) is 0 Å². The van der Waals surface area contributed by atoms with Crippen LogP contribution in [0.5, 0.6) is 0 Å². The first-order chi connectivity index (χ1) is 7.65. The number of benzene rings is 1. The maximum Gasteiger partial charge on any atom is 0.146 e. The first kappa shape index (κ1) is 11.1. The molecule has 0 aliphatic carbocycles. The lowest BCUT2D eigenvalue weighted by atomic mass is 10.2. The average Bonchev–Trinajstić information content (AvgIpc) is 2.63. The van der Waals surface area contributed by atoms with Crippen LogP contribution in [0, 0.1) is 19.7 Å². The van der Waals surface area contributed by atoms with Crippen LogP contribution in [0.4, 0.5) is 10.1 Å². The molecule has 16 heavy (non-hydrogen) atoms. The fraction of sp³-hybridized carbons (Fsp3) is 0.250. The van der Waals surface area contributed by atoms with E-state index in [-0.39, 0.29) is 5.82 Å². The molecular weight excluding hydrogens is 223 g/mol. The maximum absolute atomic E-state index is 13.5. The first-order valence-corrected chi connectivity index (χ1v) is 5.94. The molecule has 1 heterocycles. The van der Waals surface area contributed by atoms with E-state index >= 15 is 0 Å². The van der Waals surface area contributed by atoms with Crippen molar-refractivity contribution in [2.45, 2.75) is 20.4 Å². The summed E-state index contributed by atoms with van der Waals surface area (Å²) in [5.74, 6) is -0.215. The Balaban J connectivity index is 2.04. The van der Waals surface area contributed by atoms with Crippen molar-refractivity contribution in [3.8, 4) is 0 Å². The highest BCUT2D eigenvalue weighted by atomic mass is 32.1. The second-order valence-electron chi connectivity index (χ2n) is 3.72. The highest BCUT2D eigenvalue weighted by molar-refractivity contribution is 7.09. The van der Waals surface area contributed by atoms with Gasteiger partial charge in [0.15, 0.2) is 0 Å². The number of hydrogen-bond donors (Lipinski definition) is 1. The number of hydrogen-bond acceptors (Lipinski definition) is 3. The molecule has 1 N–H and O–H groups in total. The summed E-state index contributed by atoms with van der Waals surface area (Å²) in [7, 11) is 0. The molecule has 0 spiro atoms.